The van der Waals surface area contributed by atoms with Crippen molar-refractivity contribution < 1.29 is 9.59 Å². The number of thiophene rings is 1. The molecule has 0 aromatic carbocycles. The van der Waals surface area contributed by atoms with Crippen LogP contribution in [0.25, 0.3) is 0 Å². The SMILES string of the molecule is Cc1ccc(C(=O)CCC(=O)NCCCn2ccnc2)s1. The van der Waals surface area contributed by atoms with Crippen LogP contribution in [0.1, 0.15) is 33.8 Å². The van der Waals surface area contributed by atoms with E-state index in [0.717, 1.165) is 22.7 Å². The summed E-state index contributed by atoms with van der Waals surface area (Å²) in [6.45, 7) is 3.41. The van der Waals surface area contributed by atoms with E-state index in [1.165, 1.54) is 11.3 Å². The maximum absolute atomic E-state index is 11.9. The predicted molar refractivity (Wildman–Crippen MR) is 82.5 cm³/mol. The van der Waals surface area contributed by atoms with E-state index in [9.17, 15) is 9.59 Å². The summed E-state index contributed by atoms with van der Waals surface area (Å²) in [5.74, 6) is -0.0241. The molecule has 0 saturated carbocycles. The zero-order valence-electron chi connectivity index (χ0n) is 12.0. The molecule has 1 N–H and O–H groups in total. The number of imidazole rings is 1. The van der Waals surface area contributed by atoms with Crippen LogP contribution in [0.2, 0.25) is 0 Å². The molecule has 2 heterocycles. The van der Waals surface area contributed by atoms with Crippen molar-refractivity contribution in [3.63, 3.8) is 0 Å². The van der Waals surface area contributed by atoms with E-state index in [1.54, 1.807) is 12.5 Å². The fourth-order valence-electron chi connectivity index (χ4n) is 1.93. The first-order valence-electron chi connectivity index (χ1n) is 6.97. The summed E-state index contributed by atoms with van der Waals surface area (Å²) in [6, 6.07) is 3.75. The Morgan fingerprint density at radius 3 is 2.86 bits per heavy atom. The monoisotopic (exact) mass is 305 g/mol. The minimum Gasteiger partial charge on any atom is -0.356 e. The Morgan fingerprint density at radius 2 is 2.19 bits per heavy atom. The van der Waals surface area contributed by atoms with Crippen LogP contribution in [-0.2, 0) is 11.3 Å². The molecule has 1 amide bonds. The molecule has 0 fully saturated rings. The van der Waals surface area contributed by atoms with Crippen LogP contribution < -0.4 is 5.32 Å². The summed E-state index contributed by atoms with van der Waals surface area (Å²) < 4.78 is 1.97. The van der Waals surface area contributed by atoms with Gasteiger partial charge in [0.05, 0.1) is 11.2 Å². The normalized spacial score (nSPS) is 10.5. The number of carbonyl (C=O) groups is 2. The number of nitrogens with zero attached hydrogens (tertiary/aromatic N) is 2. The number of aryl methyl sites for hydroxylation is 2. The Hall–Kier alpha value is -1.95. The number of hydrogen-bond acceptors (Lipinski definition) is 4. The summed E-state index contributed by atoms with van der Waals surface area (Å²) >= 11 is 1.48. The highest BCUT2D eigenvalue weighted by Crippen LogP contribution is 2.17. The van der Waals surface area contributed by atoms with Gasteiger partial charge >= 0.3 is 0 Å². The first kappa shape index (κ1) is 15.4. The average molecular weight is 305 g/mol. The molecule has 0 aliphatic carbocycles. The van der Waals surface area contributed by atoms with Gasteiger partial charge in [-0.2, -0.15) is 0 Å². The number of carbonyl (C=O) groups excluding carboxylic acids is 2. The van der Waals surface area contributed by atoms with Crippen molar-refractivity contribution in [3.8, 4) is 0 Å². The second kappa shape index (κ2) is 7.73. The molecule has 0 bridgehead atoms. The lowest BCUT2D eigenvalue weighted by Gasteiger charge is -2.05. The van der Waals surface area contributed by atoms with Crippen LogP contribution >= 0.6 is 11.3 Å². The summed E-state index contributed by atoms with van der Waals surface area (Å²) in [6.07, 6.45) is 6.75. The third-order valence-corrected chi connectivity index (χ3v) is 4.11. The first-order chi connectivity index (χ1) is 10.1. The molecule has 0 unspecified atom stereocenters. The first-order valence-corrected chi connectivity index (χ1v) is 7.79. The Kier molecular flexibility index (Phi) is 5.68. The van der Waals surface area contributed by atoms with E-state index < -0.39 is 0 Å². The van der Waals surface area contributed by atoms with Gasteiger partial charge in [0.25, 0.3) is 0 Å². The van der Waals surface area contributed by atoms with E-state index >= 15 is 0 Å². The van der Waals surface area contributed by atoms with Crippen molar-refractivity contribution in [1.29, 1.82) is 0 Å². The van der Waals surface area contributed by atoms with Gasteiger partial charge in [-0.05, 0) is 25.5 Å². The molecule has 5 nitrogen and oxygen atoms in total. The number of hydrogen-bond donors (Lipinski definition) is 1. The number of amides is 1. The fourth-order valence-corrected chi connectivity index (χ4v) is 2.77. The van der Waals surface area contributed by atoms with Gasteiger partial charge < -0.3 is 9.88 Å². The van der Waals surface area contributed by atoms with Gasteiger partial charge in [-0.15, -0.1) is 11.3 Å². The van der Waals surface area contributed by atoms with Crippen molar-refractivity contribution in [2.45, 2.75) is 32.7 Å². The van der Waals surface area contributed by atoms with Crippen molar-refractivity contribution in [2.75, 3.05) is 6.54 Å². The third-order valence-electron chi connectivity index (χ3n) is 3.07. The lowest BCUT2D eigenvalue weighted by atomic mass is 10.2. The zero-order chi connectivity index (χ0) is 15.1. The van der Waals surface area contributed by atoms with Crippen molar-refractivity contribution >= 4 is 23.0 Å². The minimum atomic E-state index is -0.0674. The standard InChI is InChI=1S/C15H19N3O2S/c1-12-3-5-14(21-12)13(19)4-6-15(20)17-7-2-9-18-10-8-16-11-18/h3,5,8,10-11H,2,4,6-7,9H2,1H3,(H,17,20). The second-order valence-electron chi connectivity index (χ2n) is 4.84. The molecule has 112 valence electrons. The molecule has 2 aromatic heterocycles. The predicted octanol–water partition coefficient (Wildman–Crippen LogP) is 2.42. The summed E-state index contributed by atoms with van der Waals surface area (Å²) in [5, 5.41) is 2.84. The van der Waals surface area contributed by atoms with Gasteiger partial charge in [-0.3, -0.25) is 9.59 Å². The summed E-state index contributed by atoms with van der Waals surface area (Å²) in [5.41, 5.74) is 0. The van der Waals surface area contributed by atoms with Crippen LogP contribution in [0.15, 0.2) is 30.9 Å². The number of nitrogens with one attached hydrogen (secondary N) is 1. The Bertz CT molecular complexity index is 590. The highest BCUT2D eigenvalue weighted by atomic mass is 32.1. The maximum atomic E-state index is 11.9. The van der Waals surface area contributed by atoms with Gasteiger partial charge in [0.1, 0.15) is 0 Å². The third kappa shape index (κ3) is 5.15. The Morgan fingerprint density at radius 1 is 1.33 bits per heavy atom. The van der Waals surface area contributed by atoms with Gasteiger partial charge in [0.15, 0.2) is 5.78 Å². The molecule has 0 saturated heterocycles. The molecule has 0 aliphatic heterocycles. The van der Waals surface area contributed by atoms with Crippen molar-refractivity contribution in [2.24, 2.45) is 0 Å². The van der Waals surface area contributed by atoms with Crippen molar-refractivity contribution in [1.82, 2.24) is 14.9 Å². The topological polar surface area (TPSA) is 64.0 Å². The van der Waals surface area contributed by atoms with Gasteiger partial charge in [0.2, 0.25) is 5.91 Å². The molecule has 6 heteroatoms. The number of ketones is 1. The highest BCUT2D eigenvalue weighted by Gasteiger charge is 2.10. The molecule has 0 atom stereocenters. The van der Waals surface area contributed by atoms with E-state index in [1.807, 2.05) is 29.8 Å². The molecular weight excluding hydrogens is 286 g/mol. The molecule has 2 rings (SSSR count). The Balaban J connectivity index is 1.60. The van der Waals surface area contributed by atoms with Gasteiger partial charge in [-0.25, -0.2) is 4.98 Å². The highest BCUT2D eigenvalue weighted by molar-refractivity contribution is 7.14. The van der Waals surface area contributed by atoms with Crippen molar-refractivity contribution in [3.05, 3.63) is 40.6 Å². The molecule has 0 aliphatic rings. The summed E-state index contributed by atoms with van der Waals surface area (Å²) in [4.78, 5) is 29.3. The smallest absolute Gasteiger partial charge is 0.220 e. The van der Waals surface area contributed by atoms with Crippen LogP contribution in [0.5, 0.6) is 0 Å². The minimum absolute atomic E-state index is 0.0432. The van der Waals surface area contributed by atoms with Crippen LogP contribution in [0.3, 0.4) is 0 Å². The van der Waals surface area contributed by atoms with Crippen LogP contribution in [0, 0.1) is 6.92 Å². The van der Waals surface area contributed by atoms with Gasteiger partial charge in [0, 0.05) is 43.2 Å². The maximum Gasteiger partial charge on any atom is 0.220 e. The lowest BCUT2D eigenvalue weighted by molar-refractivity contribution is -0.121. The Labute approximate surface area is 128 Å². The van der Waals surface area contributed by atoms with E-state index in [-0.39, 0.29) is 24.5 Å². The zero-order valence-corrected chi connectivity index (χ0v) is 12.9. The molecule has 21 heavy (non-hydrogen) atoms. The van der Waals surface area contributed by atoms with Crippen LogP contribution in [-0.4, -0.2) is 27.8 Å². The quantitative estimate of drug-likeness (QED) is 0.602. The number of Topliss-reactive ketones (excluding diaryl/α,β-unsaturated/α-hetero) is 1. The molecular formula is C15H19N3O2S. The van der Waals surface area contributed by atoms with E-state index in [0.29, 0.717) is 6.54 Å². The molecule has 2 aromatic rings. The van der Waals surface area contributed by atoms with Crippen LogP contribution in [0.4, 0.5) is 0 Å². The summed E-state index contributed by atoms with van der Waals surface area (Å²) in [7, 11) is 0. The lowest BCUT2D eigenvalue weighted by Crippen LogP contribution is -2.25. The molecule has 0 radical (unpaired) electrons. The van der Waals surface area contributed by atoms with E-state index in [2.05, 4.69) is 10.3 Å². The number of rotatable bonds is 8. The van der Waals surface area contributed by atoms with E-state index in [4.69, 9.17) is 0 Å². The average Bonchev–Trinajstić information content (AvgIpc) is 3.12. The molecule has 0 spiro atoms. The number of aromatic nitrogens is 2. The largest absolute Gasteiger partial charge is 0.356 e. The second-order valence-corrected chi connectivity index (χ2v) is 6.13. The van der Waals surface area contributed by atoms with Gasteiger partial charge in [-0.1, -0.05) is 0 Å². The fraction of sp³-hybridized carbons (Fsp3) is 0.400.